The first-order valence-corrected chi connectivity index (χ1v) is 5.22. The van der Waals surface area contributed by atoms with Gasteiger partial charge in [-0.25, -0.2) is 4.99 Å². The van der Waals surface area contributed by atoms with E-state index >= 15 is 0 Å². The molecule has 1 rings (SSSR count). The summed E-state index contributed by atoms with van der Waals surface area (Å²) in [6.45, 7) is 10.3. The van der Waals surface area contributed by atoms with Gasteiger partial charge in [0.25, 0.3) is 0 Å². The molecule has 1 aromatic rings. The smallest absolute Gasteiger partial charge is 0.105 e. The van der Waals surface area contributed by atoms with E-state index in [2.05, 4.69) is 50.9 Å². The van der Waals surface area contributed by atoms with E-state index in [4.69, 9.17) is 5.73 Å². The van der Waals surface area contributed by atoms with Crippen molar-refractivity contribution in [2.75, 3.05) is 0 Å². The van der Waals surface area contributed by atoms with E-state index in [0.29, 0.717) is 5.84 Å². The first-order valence-electron chi connectivity index (χ1n) is 5.22. The SMILES string of the molecule is Cc1ccc(C)c(N=C(N)C(C)(C)C)c1. The summed E-state index contributed by atoms with van der Waals surface area (Å²) in [6, 6.07) is 6.22. The quantitative estimate of drug-likeness (QED) is 0.553. The molecular weight excluding hydrogens is 184 g/mol. The fourth-order valence-electron chi connectivity index (χ4n) is 1.14. The Balaban J connectivity index is 3.13. The van der Waals surface area contributed by atoms with E-state index in [9.17, 15) is 0 Å². The van der Waals surface area contributed by atoms with Crippen molar-refractivity contribution in [3.63, 3.8) is 0 Å². The summed E-state index contributed by atoms with van der Waals surface area (Å²) in [7, 11) is 0. The number of rotatable bonds is 1. The normalized spacial score (nSPS) is 13.0. The van der Waals surface area contributed by atoms with Crippen molar-refractivity contribution < 1.29 is 0 Å². The van der Waals surface area contributed by atoms with E-state index in [1.165, 1.54) is 5.56 Å². The maximum Gasteiger partial charge on any atom is 0.105 e. The third-order valence-corrected chi connectivity index (χ3v) is 2.37. The van der Waals surface area contributed by atoms with Crippen molar-refractivity contribution in [3.8, 4) is 0 Å². The molecule has 0 aliphatic carbocycles. The molecule has 1 aromatic carbocycles. The predicted octanol–water partition coefficient (Wildman–Crippen LogP) is 3.34. The van der Waals surface area contributed by atoms with Gasteiger partial charge in [-0.05, 0) is 31.0 Å². The summed E-state index contributed by atoms with van der Waals surface area (Å²) < 4.78 is 0. The Hall–Kier alpha value is -1.31. The molecule has 2 heteroatoms. The summed E-state index contributed by atoms with van der Waals surface area (Å²) >= 11 is 0. The van der Waals surface area contributed by atoms with Gasteiger partial charge in [0.1, 0.15) is 5.84 Å². The minimum Gasteiger partial charge on any atom is -0.387 e. The average molecular weight is 204 g/mol. The second-order valence-electron chi connectivity index (χ2n) is 5.04. The first-order chi connectivity index (χ1) is 6.80. The van der Waals surface area contributed by atoms with Gasteiger partial charge in [-0.2, -0.15) is 0 Å². The van der Waals surface area contributed by atoms with Crippen LogP contribution in [0.1, 0.15) is 31.9 Å². The maximum atomic E-state index is 5.95. The van der Waals surface area contributed by atoms with Gasteiger partial charge in [-0.15, -0.1) is 0 Å². The molecule has 0 saturated carbocycles. The van der Waals surface area contributed by atoms with Crippen LogP contribution in [0, 0.1) is 19.3 Å². The van der Waals surface area contributed by atoms with Gasteiger partial charge in [-0.3, -0.25) is 0 Å². The molecule has 0 heterocycles. The van der Waals surface area contributed by atoms with Gasteiger partial charge in [-0.1, -0.05) is 32.9 Å². The predicted molar refractivity (Wildman–Crippen MR) is 66.7 cm³/mol. The van der Waals surface area contributed by atoms with E-state index in [1.807, 2.05) is 6.92 Å². The molecule has 0 saturated heterocycles. The number of aliphatic imine (C=N–C) groups is 1. The van der Waals surface area contributed by atoms with Crippen LogP contribution in [0.4, 0.5) is 5.69 Å². The third-order valence-electron chi connectivity index (χ3n) is 2.37. The molecule has 0 bridgehead atoms. The fourth-order valence-corrected chi connectivity index (χ4v) is 1.14. The van der Waals surface area contributed by atoms with E-state index in [0.717, 1.165) is 11.3 Å². The Kier molecular flexibility index (Phi) is 3.18. The number of nitrogens with two attached hydrogens (primary N) is 1. The molecule has 2 nitrogen and oxygen atoms in total. The highest BCUT2D eigenvalue weighted by Gasteiger charge is 2.15. The molecule has 0 fully saturated rings. The highest BCUT2D eigenvalue weighted by atomic mass is 14.9. The monoisotopic (exact) mass is 204 g/mol. The number of nitrogens with zero attached hydrogens (tertiary/aromatic N) is 1. The Bertz CT molecular complexity index is 384. The van der Waals surface area contributed by atoms with Crippen LogP contribution in [-0.4, -0.2) is 5.84 Å². The number of benzene rings is 1. The molecule has 82 valence electrons. The summed E-state index contributed by atoms with van der Waals surface area (Å²) in [5.41, 5.74) is 9.22. The standard InChI is InChI=1S/C13H20N2/c1-9-6-7-10(2)11(8-9)15-12(14)13(3,4)5/h6-8H,1-5H3,(H2,14,15). The van der Waals surface area contributed by atoms with Crippen LogP contribution in [-0.2, 0) is 0 Å². The number of aryl methyl sites for hydroxylation is 2. The first kappa shape index (κ1) is 11.8. The number of hydrogen-bond acceptors (Lipinski definition) is 1. The minimum atomic E-state index is -0.0732. The molecule has 0 amide bonds. The van der Waals surface area contributed by atoms with Gasteiger partial charge >= 0.3 is 0 Å². The Morgan fingerprint density at radius 1 is 1.20 bits per heavy atom. The van der Waals surface area contributed by atoms with Crippen molar-refractivity contribution in [3.05, 3.63) is 29.3 Å². The molecular formula is C13H20N2. The molecule has 0 spiro atoms. The van der Waals surface area contributed by atoms with Crippen LogP contribution in [0.3, 0.4) is 0 Å². The van der Waals surface area contributed by atoms with Gasteiger partial charge in [0.2, 0.25) is 0 Å². The summed E-state index contributed by atoms with van der Waals surface area (Å²) in [4.78, 5) is 4.49. The largest absolute Gasteiger partial charge is 0.387 e. The lowest BCUT2D eigenvalue weighted by Gasteiger charge is -2.17. The van der Waals surface area contributed by atoms with E-state index in [1.54, 1.807) is 0 Å². The molecule has 0 aliphatic heterocycles. The summed E-state index contributed by atoms with van der Waals surface area (Å²) in [6.07, 6.45) is 0. The third kappa shape index (κ3) is 3.08. The second-order valence-corrected chi connectivity index (χ2v) is 5.04. The van der Waals surface area contributed by atoms with Gasteiger partial charge in [0.05, 0.1) is 5.69 Å². The molecule has 0 atom stereocenters. The van der Waals surface area contributed by atoms with Crippen molar-refractivity contribution in [2.45, 2.75) is 34.6 Å². The highest BCUT2D eigenvalue weighted by molar-refractivity contribution is 5.88. The molecule has 0 radical (unpaired) electrons. The van der Waals surface area contributed by atoms with Gasteiger partial charge in [0, 0.05) is 5.41 Å². The fraction of sp³-hybridized carbons (Fsp3) is 0.462. The lowest BCUT2D eigenvalue weighted by atomic mass is 9.95. The van der Waals surface area contributed by atoms with Crippen molar-refractivity contribution >= 4 is 11.5 Å². The van der Waals surface area contributed by atoms with E-state index < -0.39 is 0 Å². The molecule has 15 heavy (non-hydrogen) atoms. The lowest BCUT2D eigenvalue weighted by molar-refractivity contribution is 0.585. The molecule has 0 aromatic heterocycles. The van der Waals surface area contributed by atoms with Crippen molar-refractivity contribution in [2.24, 2.45) is 16.1 Å². The topological polar surface area (TPSA) is 38.4 Å². The van der Waals surface area contributed by atoms with E-state index in [-0.39, 0.29) is 5.41 Å². The highest BCUT2D eigenvalue weighted by Crippen LogP contribution is 2.23. The molecule has 2 N–H and O–H groups in total. The summed E-state index contributed by atoms with van der Waals surface area (Å²) in [5, 5.41) is 0. The maximum absolute atomic E-state index is 5.95. The number of amidine groups is 1. The molecule has 0 unspecified atom stereocenters. The minimum absolute atomic E-state index is 0.0732. The molecule has 0 aliphatic rings. The Morgan fingerprint density at radius 3 is 2.33 bits per heavy atom. The van der Waals surface area contributed by atoms with Crippen LogP contribution in [0.15, 0.2) is 23.2 Å². The Morgan fingerprint density at radius 2 is 1.80 bits per heavy atom. The van der Waals surface area contributed by atoms with Gasteiger partial charge in [0.15, 0.2) is 0 Å². The summed E-state index contributed by atoms with van der Waals surface area (Å²) in [5.74, 6) is 0.677. The zero-order valence-corrected chi connectivity index (χ0v) is 10.3. The van der Waals surface area contributed by atoms with Crippen LogP contribution in [0.2, 0.25) is 0 Å². The zero-order valence-electron chi connectivity index (χ0n) is 10.3. The number of hydrogen-bond donors (Lipinski definition) is 1. The van der Waals surface area contributed by atoms with Crippen molar-refractivity contribution in [1.82, 2.24) is 0 Å². The van der Waals surface area contributed by atoms with Crippen molar-refractivity contribution in [1.29, 1.82) is 0 Å². The van der Waals surface area contributed by atoms with Crippen LogP contribution in [0.5, 0.6) is 0 Å². The van der Waals surface area contributed by atoms with Crippen LogP contribution in [0.25, 0.3) is 0 Å². The zero-order chi connectivity index (χ0) is 11.6. The average Bonchev–Trinajstić information content (AvgIpc) is 2.09. The van der Waals surface area contributed by atoms with Crippen LogP contribution < -0.4 is 5.73 Å². The van der Waals surface area contributed by atoms with Crippen LogP contribution >= 0.6 is 0 Å². The lowest BCUT2D eigenvalue weighted by Crippen LogP contribution is -2.28. The second kappa shape index (κ2) is 4.05. The Labute approximate surface area is 92.2 Å². The van der Waals surface area contributed by atoms with Gasteiger partial charge < -0.3 is 5.73 Å².